The van der Waals surface area contributed by atoms with Gasteiger partial charge in [-0.15, -0.1) is 0 Å². The molecule has 0 fully saturated rings. The summed E-state index contributed by atoms with van der Waals surface area (Å²) in [4.78, 5) is 43.2. The maximum Gasteiger partial charge on any atom is 0.331 e. The lowest BCUT2D eigenvalue weighted by Gasteiger charge is -2.21. The SMILES string of the molecule is CCOc1ccccc1NC(=O)Cn1c(=O)c(-c2noc(C)n2)c2n(c1=O)CCCC2. The van der Waals surface area contributed by atoms with Gasteiger partial charge in [0.15, 0.2) is 0 Å². The van der Waals surface area contributed by atoms with Crippen LogP contribution in [0.1, 0.15) is 31.4 Å². The first-order valence-corrected chi connectivity index (χ1v) is 10.2. The summed E-state index contributed by atoms with van der Waals surface area (Å²) in [6, 6.07) is 6.98. The van der Waals surface area contributed by atoms with Crippen LogP contribution in [0.25, 0.3) is 11.4 Å². The molecule has 0 radical (unpaired) electrons. The topological polar surface area (TPSA) is 121 Å². The van der Waals surface area contributed by atoms with Crippen molar-refractivity contribution in [1.82, 2.24) is 19.3 Å². The second kappa shape index (κ2) is 8.58. The number of fused-ring (bicyclic) bond motifs is 1. The molecule has 0 aliphatic carbocycles. The molecule has 3 heterocycles. The zero-order valence-electron chi connectivity index (χ0n) is 17.4. The van der Waals surface area contributed by atoms with Crippen molar-refractivity contribution in [1.29, 1.82) is 0 Å². The number of nitrogens with zero attached hydrogens (tertiary/aromatic N) is 4. The van der Waals surface area contributed by atoms with Gasteiger partial charge in [-0.2, -0.15) is 4.98 Å². The smallest absolute Gasteiger partial charge is 0.331 e. The number of carbonyl (C=O) groups excluding carboxylic acids is 1. The van der Waals surface area contributed by atoms with E-state index in [2.05, 4.69) is 15.5 Å². The highest BCUT2D eigenvalue weighted by Gasteiger charge is 2.26. The van der Waals surface area contributed by atoms with Crippen LogP contribution >= 0.6 is 0 Å². The van der Waals surface area contributed by atoms with E-state index < -0.39 is 23.7 Å². The van der Waals surface area contributed by atoms with E-state index in [0.29, 0.717) is 42.6 Å². The highest BCUT2D eigenvalue weighted by Crippen LogP contribution is 2.24. The lowest BCUT2D eigenvalue weighted by atomic mass is 10.0. The summed E-state index contributed by atoms with van der Waals surface area (Å²) in [5.74, 6) is 0.435. The van der Waals surface area contributed by atoms with Gasteiger partial charge in [-0.1, -0.05) is 17.3 Å². The monoisotopic (exact) mass is 425 g/mol. The first kappa shape index (κ1) is 20.6. The number of para-hydroxylation sites is 2. The van der Waals surface area contributed by atoms with Gasteiger partial charge < -0.3 is 14.6 Å². The van der Waals surface area contributed by atoms with Gasteiger partial charge in [0.25, 0.3) is 5.56 Å². The van der Waals surface area contributed by atoms with Gasteiger partial charge in [-0.3, -0.25) is 18.7 Å². The van der Waals surface area contributed by atoms with Crippen LogP contribution in [0.5, 0.6) is 5.75 Å². The van der Waals surface area contributed by atoms with Crippen molar-refractivity contribution < 1.29 is 14.1 Å². The number of rotatable bonds is 6. The van der Waals surface area contributed by atoms with E-state index in [1.807, 2.05) is 6.92 Å². The highest BCUT2D eigenvalue weighted by molar-refractivity contribution is 5.92. The number of aryl methyl sites for hydroxylation is 1. The Morgan fingerprint density at radius 3 is 2.81 bits per heavy atom. The number of nitrogens with one attached hydrogen (secondary N) is 1. The number of amides is 1. The zero-order chi connectivity index (χ0) is 22.0. The summed E-state index contributed by atoms with van der Waals surface area (Å²) in [7, 11) is 0. The molecule has 2 aromatic heterocycles. The van der Waals surface area contributed by atoms with Gasteiger partial charge >= 0.3 is 5.69 Å². The predicted molar refractivity (Wildman–Crippen MR) is 112 cm³/mol. The fraction of sp³-hybridized carbons (Fsp3) is 0.381. The van der Waals surface area contributed by atoms with E-state index in [-0.39, 0.29) is 11.4 Å². The average molecular weight is 425 g/mol. The molecule has 0 spiro atoms. The Labute approximate surface area is 177 Å². The summed E-state index contributed by atoms with van der Waals surface area (Å²) in [5, 5.41) is 6.59. The molecule has 1 amide bonds. The molecule has 10 nitrogen and oxygen atoms in total. The van der Waals surface area contributed by atoms with Crippen molar-refractivity contribution in [3.63, 3.8) is 0 Å². The molecule has 3 aromatic rings. The number of carbonyl (C=O) groups is 1. The molecule has 1 aromatic carbocycles. The summed E-state index contributed by atoms with van der Waals surface area (Å²) in [5.41, 5.74) is 0.137. The number of hydrogen-bond donors (Lipinski definition) is 1. The van der Waals surface area contributed by atoms with Crippen molar-refractivity contribution in [2.75, 3.05) is 11.9 Å². The quantitative estimate of drug-likeness (QED) is 0.638. The summed E-state index contributed by atoms with van der Waals surface area (Å²) in [6.45, 7) is 3.93. The number of hydrogen-bond acceptors (Lipinski definition) is 7. The largest absolute Gasteiger partial charge is 0.492 e. The zero-order valence-corrected chi connectivity index (χ0v) is 17.4. The van der Waals surface area contributed by atoms with Crippen molar-refractivity contribution in [3.05, 3.63) is 56.7 Å². The van der Waals surface area contributed by atoms with Gasteiger partial charge in [0, 0.05) is 19.2 Å². The predicted octanol–water partition coefficient (Wildman–Crippen LogP) is 1.74. The van der Waals surface area contributed by atoms with Gasteiger partial charge in [0.2, 0.25) is 17.6 Å². The van der Waals surface area contributed by atoms with E-state index in [4.69, 9.17) is 9.26 Å². The molecule has 1 N–H and O–H groups in total. The Hall–Kier alpha value is -3.69. The maximum absolute atomic E-state index is 13.3. The first-order chi connectivity index (χ1) is 15.0. The number of anilines is 1. The maximum atomic E-state index is 13.3. The van der Waals surface area contributed by atoms with Gasteiger partial charge in [-0.05, 0) is 38.3 Å². The molecule has 4 rings (SSSR count). The van der Waals surface area contributed by atoms with Crippen molar-refractivity contribution in [3.8, 4) is 17.1 Å². The van der Waals surface area contributed by atoms with Crippen molar-refractivity contribution in [2.45, 2.75) is 46.2 Å². The second-order valence-electron chi connectivity index (χ2n) is 7.22. The summed E-state index contributed by atoms with van der Waals surface area (Å²) < 4.78 is 13.0. The molecule has 162 valence electrons. The van der Waals surface area contributed by atoms with Crippen molar-refractivity contribution in [2.24, 2.45) is 0 Å². The minimum Gasteiger partial charge on any atom is -0.492 e. The Balaban J connectivity index is 1.73. The lowest BCUT2D eigenvalue weighted by Crippen LogP contribution is -2.45. The number of aromatic nitrogens is 4. The molecule has 0 saturated heterocycles. The molecular weight excluding hydrogens is 402 g/mol. The molecule has 0 bridgehead atoms. The highest BCUT2D eigenvalue weighted by atomic mass is 16.5. The minimum atomic E-state index is -0.604. The lowest BCUT2D eigenvalue weighted by molar-refractivity contribution is -0.116. The third-order valence-corrected chi connectivity index (χ3v) is 5.09. The standard InChI is InChI=1S/C21H23N5O5/c1-3-30-16-10-5-4-8-14(16)23-17(27)12-26-20(28)18(19-22-13(2)31-24-19)15-9-6-7-11-25(15)21(26)29/h4-5,8,10H,3,6-7,9,11-12H2,1-2H3,(H,23,27). The average Bonchev–Trinajstić information content (AvgIpc) is 3.18. The molecule has 31 heavy (non-hydrogen) atoms. The van der Waals surface area contributed by atoms with E-state index in [1.54, 1.807) is 31.2 Å². The van der Waals surface area contributed by atoms with Gasteiger partial charge in [-0.25, -0.2) is 4.79 Å². The third-order valence-electron chi connectivity index (χ3n) is 5.09. The van der Waals surface area contributed by atoms with Gasteiger partial charge in [0.05, 0.1) is 12.3 Å². The van der Waals surface area contributed by atoms with Crippen LogP contribution in [-0.2, 0) is 24.3 Å². The summed E-state index contributed by atoms with van der Waals surface area (Å²) >= 11 is 0. The van der Waals surface area contributed by atoms with Crippen LogP contribution < -0.4 is 21.3 Å². The van der Waals surface area contributed by atoms with Crippen LogP contribution in [0, 0.1) is 6.92 Å². The van der Waals surface area contributed by atoms with Gasteiger partial charge in [0.1, 0.15) is 17.9 Å². The normalized spacial score (nSPS) is 13.0. The molecule has 0 unspecified atom stereocenters. The van der Waals surface area contributed by atoms with Crippen LogP contribution in [0.3, 0.4) is 0 Å². The van der Waals surface area contributed by atoms with E-state index >= 15 is 0 Å². The second-order valence-corrected chi connectivity index (χ2v) is 7.22. The van der Waals surface area contributed by atoms with Crippen LogP contribution in [-0.4, -0.2) is 31.8 Å². The Bertz CT molecular complexity index is 1240. The molecule has 10 heteroatoms. The van der Waals surface area contributed by atoms with Crippen LogP contribution in [0.15, 0.2) is 38.4 Å². The minimum absolute atomic E-state index is 0.129. The van der Waals surface area contributed by atoms with E-state index in [0.717, 1.165) is 17.4 Å². The third kappa shape index (κ3) is 4.00. The molecule has 1 aliphatic rings. The van der Waals surface area contributed by atoms with E-state index in [9.17, 15) is 14.4 Å². The Morgan fingerprint density at radius 1 is 1.26 bits per heavy atom. The molecule has 0 atom stereocenters. The Morgan fingerprint density at radius 2 is 2.06 bits per heavy atom. The number of benzene rings is 1. The fourth-order valence-corrected chi connectivity index (χ4v) is 3.74. The molecule has 1 aliphatic heterocycles. The number of ether oxygens (including phenoxy) is 1. The Kier molecular flexibility index (Phi) is 5.70. The van der Waals surface area contributed by atoms with Crippen LogP contribution in [0.2, 0.25) is 0 Å². The van der Waals surface area contributed by atoms with Crippen LogP contribution in [0.4, 0.5) is 5.69 Å². The molecule has 0 saturated carbocycles. The molecular formula is C21H23N5O5. The summed E-state index contributed by atoms with van der Waals surface area (Å²) in [6.07, 6.45) is 2.22. The van der Waals surface area contributed by atoms with E-state index in [1.165, 1.54) is 4.57 Å². The van der Waals surface area contributed by atoms with Crippen molar-refractivity contribution >= 4 is 11.6 Å². The fourth-order valence-electron chi connectivity index (χ4n) is 3.74. The first-order valence-electron chi connectivity index (χ1n) is 10.2.